The van der Waals surface area contributed by atoms with Crippen LogP contribution in [-0.2, 0) is 17.8 Å². The van der Waals surface area contributed by atoms with Crippen LogP contribution in [0.2, 0.25) is 0 Å². The lowest BCUT2D eigenvalue weighted by molar-refractivity contribution is -0.126. The molecule has 0 saturated heterocycles. The summed E-state index contributed by atoms with van der Waals surface area (Å²) in [5.41, 5.74) is 2.29. The molecule has 0 saturated carbocycles. The Morgan fingerprint density at radius 1 is 1.14 bits per heavy atom. The molecule has 0 fully saturated rings. The number of amides is 1. The number of aromatic amines is 1. The van der Waals surface area contributed by atoms with Crippen LogP contribution in [0.5, 0.6) is 0 Å². The molecule has 0 atom stereocenters. The summed E-state index contributed by atoms with van der Waals surface area (Å²) in [7, 11) is 0. The molecule has 0 bridgehead atoms. The van der Waals surface area contributed by atoms with Gasteiger partial charge in [0.25, 0.3) is 5.56 Å². The Balaban J connectivity index is 1.55. The lowest BCUT2D eigenvalue weighted by Gasteiger charge is -2.27. The molecule has 1 aromatic heterocycles. The molecule has 1 aliphatic rings. The molecule has 6 heteroatoms. The molecule has 28 heavy (non-hydrogen) atoms. The molecule has 3 aromatic rings. The maximum Gasteiger partial charge on any atom is 0.256 e. The van der Waals surface area contributed by atoms with Gasteiger partial charge in [0.2, 0.25) is 5.91 Å². The van der Waals surface area contributed by atoms with Crippen LogP contribution in [0.25, 0.3) is 17.5 Å². The van der Waals surface area contributed by atoms with Gasteiger partial charge in [-0.25, -0.2) is 9.37 Å². The highest BCUT2D eigenvalue weighted by atomic mass is 19.1. The molecule has 1 aliphatic heterocycles. The van der Waals surface area contributed by atoms with Crippen LogP contribution in [-0.4, -0.2) is 27.3 Å². The van der Waals surface area contributed by atoms with Crippen molar-refractivity contribution >= 4 is 12.0 Å². The van der Waals surface area contributed by atoms with E-state index < -0.39 is 0 Å². The summed E-state index contributed by atoms with van der Waals surface area (Å²) in [5, 5.41) is 0. The molecular formula is C22H18FN3O2. The molecule has 0 spiro atoms. The van der Waals surface area contributed by atoms with Crippen LogP contribution in [0.4, 0.5) is 4.39 Å². The van der Waals surface area contributed by atoms with E-state index in [1.165, 1.54) is 18.2 Å². The zero-order valence-electron chi connectivity index (χ0n) is 15.1. The van der Waals surface area contributed by atoms with Crippen molar-refractivity contribution in [1.29, 1.82) is 0 Å². The molecule has 140 valence electrons. The Labute approximate surface area is 161 Å². The second-order valence-electron chi connectivity index (χ2n) is 6.60. The average molecular weight is 375 g/mol. The van der Waals surface area contributed by atoms with Gasteiger partial charge in [-0.05, 0) is 23.8 Å². The summed E-state index contributed by atoms with van der Waals surface area (Å²) in [4.78, 5) is 33.9. The summed E-state index contributed by atoms with van der Waals surface area (Å²) in [6.45, 7) is 0.684. The predicted molar refractivity (Wildman–Crippen MR) is 105 cm³/mol. The van der Waals surface area contributed by atoms with Gasteiger partial charge in [0.05, 0.1) is 17.8 Å². The first-order valence-electron chi connectivity index (χ1n) is 9.00. The quantitative estimate of drug-likeness (QED) is 0.715. The molecule has 0 aliphatic carbocycles. The number of hydrogen-bond acceptors (Lipinski definition) is 3. The van der Waals surface area contributed by atoms with Crippen LogP contribution in [0.15, 0.2) is 65.5 Å². The number of fused-ring (bicyclic) bond motifs is 1. The molecular weight excluding hydrogens is 357 g/mol. The summed E-state index contributed by atoms with van der Waals surface area (Å²) >= 11 is 0. The number of hydrogen-bond donors (Lipinski definition) is 1. The molecule has 5 nitrogen and oxygen atoms in total. The van der Waals surface area contributed by atoms with Crippen molar-refractivity contribution in [3.63, 3.8) is 0 Å². The Morgan fingerprint density at radius 3 is 2.75 bits per heavy atom. The standard InChI is InChI=1S/C22H18FN3O2/c23-17-8-4-7-16(13-17)21-24-19-11-12-26(14-18(19)22(28)25-21)20(27)10-9-15-5-2-1-3-6-15/h1-10,13H,11-12,14H2,(H,24,25,28)/b10-9+. The van der Waals surface area contributed by atoms with Gasteiger partial charge >= 0.3 is 0 Å². The second kappa shape index (κ2) is 7.60. The Bertz CT molecular complexity index is 1110. The maximum absolute atomic E-state index is 13.5. The monoisotopic (exact) mass is 375 g/mol. The van der Waals surface area contributed by atoms with E-state index in [2.05, 4.69) is 9.97 Å². The highest BCUT2D eigenvalue weighted by molar-refractivity contribution is 5.91. The van der Waals surface area contributed by atoms with Gasteiger partial charge in [0.1, 0.15) is 11.6 Å². The first-order chi connectivity index (χ1) is 13.6. The Morgan fingerprint density at radius 2 is 1.96 bits per heavy atom. The number of halogens is 1. The minimum absolute atomic E-state index is 0.150. The zero-order valence-corrected chi connectivity index (χ0v) is 15.1. The van der Waals surface area contributed by atoms with E-state index in [1.807, 2.05) is 30.3 Å². The van der Waals surface area contributed by atoms with Gasteiger partial charge in [0, 0.05) is 24.6 Å². The molecule has 4 rings (SSSR count). The maximum atomic E-state index is 13.5. The number of nitrogens with zero attached hydrogens (tertiary/aromatic N) is 2. The van der Waals surface area contributed by atoms with E-state index in [1.54, 1.807) is 23.1 Å². The second-order valence-corrected chi connectivity index (χ2v) is 6.60. The molecule has 2 aromatic carbocycles. The fourth-order valence-electron chi connectivity index (χ4n) is 3.22. The topological polar surface area (TPSA) is 66.1 Å². The summed E-state index contributed by atoms with van der Waals surface area (Å²) in [6.07, 6.45) is 3.75. The number of carbonyl (C=O) groups excluding carboxylic acids is 1. The number of nitrogens with one attached hydrogen (secondary N) is 1. The third kappa shape index (κ3) is 3.76. The third-order valence-corrected chi connectivity index (χ3v) is 4.70. The van der Waals surface area contributed by atoms with Crippen molar-refractivity contribution in [3.8, 4) is 11.4 Å². The lowest BCUT2D eigenvalue weighted by Crippen LogP contribution is -2.38. The zero-order chi connectivity index (χ0) is 19.5. The highest BCUT2D eigenvalue weighted by Gasteiger charge is 2.23. The van der Waals surface area contributed by atoms with Gasteiger partial charge < -0.3 is 9.88 Å². The lowest BCUT2D eigenvalue weighted by atomic mass is 10.1. The van der Waals surface area contributed by atoms with Crippen LogP contribution >= 0.6 is 0 Å². The fourth-order valence-corrected chi connectivity index (χ4v) is 3.22. The average Bonchev–Trinajstić information content (AvgIpc) is 2.72. The van der Waals surface area contributed by atoms with Gasteiger partial charge in [-0.2, -0.15) is 0 Å². The predicted octanol–water partition coefficient (Wildman–Crippen LogP) is 3.17. The van der Waals surface area contributed by atoms with Crippen molar-refractivity contribution < 1.29 is 9.18 Å². The van der Waals surface area contributed by atoms with Crippen molar-refractivity contribution in [2.75, 3.05) is 6.54 Å². The first-order valence-corrected chi connectivity index (χ1v) is 9.00. The highest BCUT2D eigenvalue weighted by Crippen LogP contribution is 2.19. The number of carbonyl (C=O) groups is 1. The molecule has 1 N–H and O–H groups in total. The van der Waals surface area contributed by atoms with Crippen LogP contribution < -0.4 is 5.56 Å². The number of benzene rings is 2. The van der Waals surface area contributed by atoms with Gasteiger partial charge in [-0.3, -0.25) is 9.59 Å². The van der Waals surface area contributed by atoms with E-state index >= 15 is 0 Å². The SMILES string of the molecule is O=C(/C=C/c1ccccc1)N1CCc2nc(-c3cccc(F)c3)[nH]c(=O)c2C1. The van der Waals surface area contributed by atoms with E-state index in [4.69, 9.17) is 0 Å². The Hall–Kier alpha value is -3.54. The van der Waals surface area contributed by atoms with Crippen molar-refractivity contribution in [2.45, 2.75) is 13.0 Å². The third-order valence-electron chi connectivity index (χ3n) is 4.70. The Kier molecular flexibility index (Phi) is 4.85. The van der Waals surface area contributed by atoms with Gasteiger partial charge in [0.15, 0.2) is 0 Å². The number of H-pyrrole nitrogens is 1. The van der Waals surface area contributed by atoms with E-state index in [0.717, 1.165) is 5.56 Å². The largest absolute Gasteiger partial charge is 0.334 e. The smallest absolute Gasteiger partial charge is 0.256 e. The van der Waals surface area contributed by atoms with Crippen molar-refractivity contribution in [1.82, 2.24) is 14.9 Å². The molecule has 0 unspecified atom stereocenters. The molecule has 2 heterocycles. The van der Waals surface area contributed by atoms with E-state index in [0.29, 0.717) is 35.6 Å². The van der Waals surface area contributed by atoms with Gasteiger partial charge in [-0.15, -0.1) is 0 Å². The fraction of sp³-hybridized carbons (Fsp3) is 0.136. The summed E-state index contributed by atoms with van der Waals surface area (Å²) in [5.74, 6) is -0.199. The van der Waals surface area contributed by atoms with Crippen LogP contribution in [0.1, 0.15) is 16.8 Å². The first kappa shape index (κ1) is 17.9. The minimum Gasteiger partial charge on any atom is -0.334 e. The molecule has 0 radical (unpaired) electrons. The minimum atomic E-state index is -0.389. The van der Waals surface area contributed by atoms with Crippen molar-refractivity contribution in [3.05, 3.63) is 93.7 Å². The summed E-state index contributed by atoms with van der Waals surface area (Å²) in [6, 6.07) is 15.5. The number of rotatable bonds is 3. The van der Waals surface area contributed by atoms with Crippen LogP contribution in [0.3, 0.4) is 0 Å². The van der Waals surface area contributed by atoms with Crippen molar-refractivity contribution in [2.24, 2.45) is 0 Å². The van der Waals surface area contributed by atoms with E-state index in [-0.39, 0.29) is 23.8 Å². The number of aromatic nitrogens is 2. The summed E-state index contributed by atoms with van der Waals surface area (Å²) < 4.78 is 13.5. The van der Waals surface area contributed by atoms with Crippen LogP contribution in [0, 0.1) is 5.82 Å². The normalized spacial score (nSPS) is 13.5. The van der Waals surface area contributed by atoms with Gasteiger partial charge in [-0.1, -0.05) is 42.5 Å². The van der Waals surface area contributed by atoms with E-state index in [9.17, 15) is 14.0 Å². The molecule has 1 amide bonds.